The molecule has 1 N–H and O–H groups in total. The molecule has 1 aromatic rings. The van der Waals surface area contributed by atoms with Crippen LogP contribution in [0.15, 0.2) is 30.3 Å². The van der Waals surface area contributed by atoms with Gasteiger partial charge in [-0.05, 0) is 5.56 Å². The van der Waals surface area contributed by atoms with Gasteiger partial charge in [-0.3, -0.25) is 4.79 Å². The Labute approximate surface area is 95.7 Å². The lowest BCUT2D eigenvalue weighted by atomic mass is 9.91. The van der Waals surface area contributed by atoms with Gasteiger partial charge >= 0.3 is 5.97 Å². The number of benzene rings is 1. The summed E-state index contributed by atoms with van der Waals surface area (Å²) >= 11 is 0. The smallest absolute Gasteiger partial charge is 0.307 e. The van der Waals surface area contributed by atoms with Crippen molar-refractivity contribution in [3.8, 4) is 0 Å². The van der Waals surface area contributed by atoms with Crippen LogP contribution in [0.1, 0.15) is 18.4 Å². The zero-order chi connectivity index (χ0) is 11.5. The monoisotopic (exact) mass is 219 g/mol. The van der Waals surface area contributed by atoms with Crippen LogP contribution in [-0.2, 0) is 4.79 Å². The molecule has 1 aliphatic heterocycles. The normalized spacial score (nSPS) is 19.1. The summed E-state index contributed by atoms with van der Waals surface area (Å²) in [6.07, 6.45) is 0. The number of rotatable bonds is 4. The van der Waals surface area contributed by atoms with Gasteiger partial charge in [-0.25, -0.2) is 0 Å². The zero-order valence-electron chi connectivity index (χ0n) is 9.47. The van der Waals surface area contributed by atoms with Crippen molar-refractivity contribution in [3.63, 3.8) is 0 Å². The van der Waals surface area contributed by atoms with Crippen LogP contribution in [0.3, 0.4) is 0 Å². The maximum absolute atomic E-state index is 10.7. The molecule has 0 radical (unpaired) electrons. The van der Waals surface area contributed by atoms with Crippen molar-refractivity contribution in [1.82, 2.24) is 4.90 Å². The molecule has 3 nitrogen and oxygen atoms in total. The Bertz CT molecular complexity index is 357. The van der Waals surface area contributed by atoms with Gasteiger partial charge in [-0.15, -0.1) is 0 Å². The Balaban J connectivity index is 1.80. The van der Waals surface area contributed by atoms with E-state index in [9.17, 15) is 4.79 Å². The van der Waals surface area contributed by atoms with Crippen molar-refractivity contribution in [3.05, 3.63) is 35.9 Å². The van der Waals surface area contributed by atoms with Crippen molar-refractivity contribution >= 4 is 5.97 Å². The second kappa shape index (κ2) is 4.66. The average Bonchev–Trinajstić information content (AvgIpc) is 2.23. The van der Waals surface area contributed by atoms with E-state index in [1.807, 2.05) is 6.07 Å². The summed E-state index contributed by atoms with van der Waals surface area (Å²) in [4.78, 5) is 12.9. The van der Waals surface area contributed by atoms with Gasteiger partial charge in [0.2, 0.25) is 0 Å². The number of likely N-dealkylation sites (tertiary alicyclic amines) is 1. The standard InChI is InChI=1S/C13H17NO2/c1-10(13(15)16)7-14-8-12(9-14)11-5-3-2-4-6-11/h2-6,10,12H,7-9H2,1H3,(H,15,16). The molecule has 0 amide bonds. The molecular formula is C13H17NO2. The van der Waals surface area contributed by atoms with E-state index in [2.05, 4.69) is 29.2 Å². The van der Waals surface area contributed by atoms with Crippen LogP contribution >= 0.6 is 0 Å². The fraction of sp³-hybridized carbons (Fsp3) is 0.462. The zero-order valence-corrected chi connectivity index (χ0v) is 9.47. The fourth-order valence-corrected chi connectivity index (χ4v) is 2.12. The molecule has 86 valence electrons. The van der Waals surface area contributed by atoms with Gasteiger partial charge in [0, 0.05) is 25.6 Å². The van der Waals surface area contributed by atoms with E-state index >= 15 is 0 Å². The van der Waals surface area contributed by atoms with E-state index in [-0.39, 0.29) is 5.92 Å². The van der Waals surface area contributed by atoms with Gasteiger partial charge in [0.1, 0.15) is 0 Å². The summed E-state index contributed by atoms with van der Waals surface area (Å²) in [5, 5.41) is 8.81. The molecule has 3 heteroatoms. The summed E-state index contributed by atoms with van der Waals surface area (Å²) in [6, 6.07) is 10.4. The Kier molecular flexibility index (Phi) is 3.25. The number of hydrogen-bond acceptors (Lipinski definition) is 2. The fourth-order valence-electron chi connectivity index (χ4n) is 2.12. The maximum Gasteiger partial charge on any atom is 0.307 e. The Hall–Kier alpha value is -1.35. The predicted molar refractivity (Wildman–Crippen MR) is 62.4 cm³/mol. The van der Waals surface area contributed by atoms with E-state index in [0.29, 0.717) is 12.5 Å². The van der Waals surface area contributed by atoms with Gasteiger partial charge in [0.05, 0.1) is 5.92 Å². The van der Waals surface area contributed by atoms with E-state index in [0.717, 1.165) is 13.1 Å². The number of hydrogen-bond donors (Lipinski definition) is 1. The van der Waals surface area contributed by atoms with Crippen LogP contribution in [-0.4, -0.2) is 35.6 Å². The van der Waals surface area contributed by atoms with Crippen molar-refractivity contribution in [1.29, 1.82) is 0 Å². The minimum atomic E-state index is -0.705. The van der Waals surface area contributed by atoms with E-state index in [1.54, 1.807) is 6.92 Å². The molecule has 1 aliphatic rings. The summed E-state index contributed by atoms with van der Waals surface area (Å²) in [6.45, 7) is 4.40. The quantitative estimate of drug-likeness (QED) is 0.839. The number of nitrogens with zero attached hydrogens (tertiary/aromatic N) is 1. The van der Waals surface area contributed by atoms with Crippen molar-refractivity contribution in [2.45, 2.75) is 12.8 Å². The first-order chi connectivity index (χ1) is 7.66. The molecular weight excluding hydrogens is 202 g/mol. The lowest BCUT2D eigenvalue weighted by molar-refractivity contribution is -0.142. The second-order valence-electron chi connectivity index (χ2n) is 4.57. The molecule has 0 saturated carbocycles. The molecule has 1 heterocycles. The van der Waals surface area contributed by atoms with Crippen molar-refractivity contribution < 1.29 is 9.90 Å². The molecule has 0 bridgehead atoms. The summed E-state index contributed by atoms with van der Waals surface area (Å²) in [5.74, 6) is -0.387. The lowest BCUT2D eigenvalue weighted by Gasteiger charge is -2.40. The number of carboxylic acids is 1. The highest BCUT2D eigenvalue weighted by molar-refractivity contribution is 5.69. The number of carbonyl (C=O) groups is 1. The number of carboxylic acid groups (broad SMARTS) is 1. The highest BCUT2D eigenvalue weighted by Gasteiger charge is 2.29. The van der Waals surface area contributed by atoms with Crippen LogP contribution in [0.25, 0.3) is 0 Å². The third kappa shape index (κ3) is 2.42. The van der Waals surface area contributed by atoms with Crippen LogP contribution in [0.4, 0.5) is 0 Å². The van der Waals surface area contributed by atoms with Crippen LogP contribution in [0, 0.1) is 5.92 Å². The van der Waals surface area contributed by atoms with Crippen molar-refractivity contribution in [2.75, 3.05) is 19.6 Å². The Morgan fingerprint density at radius 2 is 2.06 bits per heavy atom. The highest BCUT2D eigenvalue weighted by Crippen LogP contribution is 2.27. The van der Waals surface area contributed by atoms with E-state index < -0.39 is 5.97 Å². The van der Waals surface area contributed by atoms with Crippen LogP contribution in [0.5, 0.6) is 0 Å². The largest absolute Gasteiger partial charge is 0.481 e. The van der Waals surface area contributed by atoms with E-state index in [1.165, 1.54) is 5.56 Å². The first-order valence-electron chi connectivity index (χ1n) is 5.67. The molecule has 2 rings (SSSR count). The molecule has 0 aliphatic carbocycles. The third-order valence-corrected chi connectivity index (χ3v) is 3.18. The van der Waals surface area contributed by atoms with Gasteiger partial charge < -0.3 is 10.0 Å². The predicted octanol–water partition coefficient (Wildman–Crippen LogP) is 1.81. The maximum atomic E-state index is 10.7. The molecule has 1 atom stereocenters. The summed E-state index contributed by atoms with van der Waals surface area (Å²) < 4.78 is 0. The van der Waals surface area contributed by atoms with Gasteiger partial charge in [-0.1, -0.05) is 37.3 Å². The summed E-state index contributed by atoms with van der Waals surface area (Å²) in [5.41, 5.74) is 1.36. The summed E-state index contributed by atoms with van der Waals surface area (Å²) in [7, 11) is 0. The minimum absolute atomic E-state index is 0.267. The number of aliphatic carboxylic acids is 1. The van der Waals surface area contributed by atoms with Gasteiger partial charge in [0.25, 0.3) is 0 Å². The Morgan fingerprint density at radius 3 is 2.62 bits per heavy atom. The van der Waals surface area contributed by atoms with Crippen LogP contribution in [0.2, 0.25) is 0 Å². The first kappa shape index (κ1) is 11.1. The van der Waals surface area contributed by atoms with E-state index in [4.69, 9.17) is 5.11 Å². The lowest BCUT2D eigenvalue weighted by Crippen LogP contribution is -2.47. The topological polar surface area (TPSA) is 40.5 Å². The van der Waals surface area contributed by atoms with Gasteiger partial charge in [0.15, 0.2) is 0 Å². The SMILES string of the molecule is CC(CN1CC(c2ccccc2)C1)C(=O)O. The average molecular weight is 219 g/mol. The highest BCUT2D eigenvalue weighted by atomic mass is 16.4. The molecule has 16 heavy (non-hydrogen) atoms. The Morgan fingerprint density at radius 1 is 1.44 bits per heavy atom. The minimum Gasteiger partial charge on any atom is -0.481 e. The third-order valence-electron chi connectivity index (χ3n) is 3.18. The molecule has 0 aromatic heterocycles. The van der Waals surface area contributed by atoms with Crippen molar-refractivity contribution in [2.24, 2.45) is 5.92 Å². The molecule has 1 fully saturated rings. The molecule has 0 spiro atoms. The van der Waals surface area contributed by atoms with Crippen LogP contribution < -0.4 is 0 Å². The first-order valence-corrected chi connectivity index (χ1v) is 5.67. The molecule has 1 aromatic carbocycles. The molecule has 1 saturated heterocycles. The van der Waals surface area contributed by atoms with Gasteiger partial charge in [-0.2, -0.15) is 0 Å². The second-order valence-corrected chi connectivity index (χ2v) is 4.57. The molecule has 1 unspecified atom stereocenters.